The molecule has 1 unspecified atom stereocenters. The van der Waals surface area contributed by atoms with Gasteiger partial charge in [0, 0.05) is 43.2 Å². The Morgan fingerprint density at radius 2 is 2.05 bits per heavy atom. The van der Waals surface area contributed by atoms with Crippen LogP contribution in [0.2, 0.25) is 0 Å². The van der Waals surface area contributed by atoms with Crippen LogP contribution in [0.4, 0.5) is 0 Å². The second-order valence-corrected chi connectivity index (χ2v) is 6.81. The predicted molar refractivity (Wildman–Crippen MR) is 87.6 cm³/mol. The van der Waals surface area contributed by atoms with Crippen LogP contribution in [0.5, 0.6) is 0 Å². The van der Waals surface area contributed by atoms with E-state index in [1.807, 2.05) is 30.0 Å². The standard InChI is InChI=1S/C16H22BrN3O/c1-12-2-3-14(15(17)10-12)16(21)20-8-6-19(7-9-20)13-4-5-18-11-13/h2-3,10,13,18H,4-9,11H2,1H3. The van der Waals surface area contributed by atoms with E-state index in [0.717, 1.165) is 54.9 Å². The smallest absolute Gasteiger partial charge is 0.255 e. The third kappa shape index (κ3) is 3.30. The summed E-state index contributed by atoms with van der Waals surface area (Å²) in [5, 5.41) is 3.41. The zero-order valence-corrected chi connectivity index (χ0v) is 14.0. The number of nitrogens with one attached hydrogen (secondary N) is 1. The van der Waals surface area contributed by atoms with Crippen molar-refractivity contribution >= 4 is 21.8 Å². The minimum atomic E-state index is 0.145. The topological polar surface area (TPSA) is 35.6 Å². The number of hydrogen-bond acceptors (Lipinski definition) is 3. The van der Waals surface area contributed by atoms with Crippen LogP contribution in [0.3, 0.4) is 0 Å². The maximum Gasteiger partial charge on any atom is 0.255 e. The van der Waals surface area contributed by atoms with Crippen LogP contribution in [-0.4, -0.2) is 61.0 Å². The first-order valence-electron chi connectivity index (χ1n) is 7.65. The predicted octanol–water partition coefficient (Wildman–Crippen LogP) is 1.88. The molecule has 0 aliphatic carbocycles. The average molecular weight is 352 g/mol. The van der Waals surface area contributed by atoms with Gasteiger partial charge in [0.2, 0.25) is 0 Å². The van der Waals surface area contributed by atoms with Gasteiger partial charge in [0.1, 0.15) is 0 Å². The van der Waals surface area contributed by atoms with Gasteiger partial charge in [0.05, 0.1) is 5.56 Å². The first-order chi connectivity index (χ1) is 10.1. The van der Waals surface area contributed by atoms with Crippen molar-refractivity contribution in [2.24, 2.45) is 0 Å². The van der Waals surface area contributed by atoms with Crippen molar-refractivity contribution in [2.45, 2.75) is 19.4 Å². The van der Waals surface area contributed by atoms with Crippen molar-refractivity contribution in [3.8, 4) is 0 Å². The number of amides is 1. The van der Waals surface area contributed by atoms with E-state index in [0.29, 0.717) is 6.04 Å². The molecule has 2 heterocycles. The molecular formula is C16H22BrN3O. The van der Waals surface area contributed by atoms with E-state index in [1.54, 1.807) is 0 Å². The number of halogens is 1. The van der Waals surface area contributed by atoms with Crippen molar-refractivity contribution in [1.29, 1.82) is 0 Å². The number of aryl methyl sites for hydroxylation is 1. The molecule has 5 heteroatoms. The summed E-state index contributed by atoms with van der Waals surface area (Å²) >= 11 is 3.51. The summed E-state index contributed by atoms with van der Waals surface area (Å²) in [7, 11) is 0. The third-order valence-electron chi connectivity index (χ3n) is 4.51. The van der Waals surface area contributed by atoms with Gasteiger partial charge in [-0.1, -0.05) is 6.07 Å². The van der Waals surface area contributed by atoms with Crippen molar-refractivity contribution in [1.82, 2.24) is 15.1 Å². The maximum absolute atomic E-state index is 12.6. The molecule has 1 amide bonds. The molecule has 4 nitrogen and oxygen atoms in total. The second kappa shape index (κ2) is 6.46. The van der Waals surface area contributed by atoms with Gasteiger partial charge >= 0.3 is 0 Å². The fourth-order valence-electron chi connectivity index (χ4n) is 3.21. The average Bonchev–Trinajstić information content (AvgIpc) is 3.01. The Balaban J connectivity index is 1.62. The van der Waals surface area contributed by atoms with Gasteiger partial charge in [-0.3, -0.25) is 9.69 Å². The van der Waals surface area contributed by atoms with Gasteiger partial charge in [-0.2, -0.15) is 0 Å². The van der Waals surface area contributed by atoms with Crippen molar-refractivity contribution in [3.63, 3.8) is 0 Å². The summed E-state index contributed by atoms with van der Waals surface area (Å²) in [6, 6.07) is 6.59. The monoisotopic (exact) mass is 351 g/mol. The first-order valence-corrected chi connectivity index (χ1v) is 8.44. The summed E-state index contributed by atoms with van der Waals surface area (Å²) in [5.74, 6) is 0.145. The van der Waals surface area contributed by atoms with Crippen molar-refractivity contribution < 1.29 is 4.79 Å². The first kappa shape index (κ1) is 15.0. The number of piperazine rings is 1. The molecule has 0 saturated carbocycles. The van der Waals surface area contributed by atoms with Crippen LogP contribution in [0.25, 0.3) is 0 Å². The molecule has 0 radical (unpaired) electrons. The number of carbonyl (C=O) groups is 1. The van der Waals surface area contributed by atoms with E-state index in [9.17, 15) is 4.79 Å². The summed E-state index contributed by atoms with van der Waals surface area (Å²) in [6.07, 6.45) is 1.23. The van der Waals surface area contributed by atoms with Crippen LogP contribution in [-0.2, 0) is 0 Å². The highest BCUT2D eigenvalue weighted by molar-refractivity contribution is 9.10. The van der Waals surface area contributed by atoms with E-state index in [1.165, 1.54) is 6.42 Å². The van der Waals surface area contributed by atoms with Crippen LogP contribution < -0.4 is 5.32 Å². The Morgan fingerprint density at radius 1 is 1.29 bits per heavy atom. The van der Waals surface area contributed by atoms with Gasteiger partial charge in [0.25, 0.3) is 5.91 Å². The largest absolute Gasteiger partial charge is 0.336 e. The van der Waals surface area contributed by atoms with Crippen molar-refractivity contribution in [3.05, 3.63) is 33.8 Å². The molecule has 114 valence electrons. The molecule has 1 N–H and O–H groups in total. The summed E-state index contributed by atoms with van der Waals surface area (Å²) < 4.78 is 0.898. The highest BCUT2D eigenvalue weighted by atomic mass is 79.9. The lowest BCUT2D eigenvalue weighted by atomic mass is 10.1. The van der Waals surface area contributed by atoms with Gasteiger partial charge in [-0.25, -0.2) is 0 Å². The minimum Gasteiger partial charge on any atom is -0.336 e. The number of nitrogens with zero attached hydrogens (tertiary/aromatic N) is 2. The normalized spacial score (nSPS) is 23.5. The van der Waals surface area contributed by atoms with Crippen LogP contribution in [0.15, 0.2) is 22.7 Å². The van der Waals surface area contributed by atoms with Gasteiger partial charge < -0.3 is 10.2 Å². The van der Waals surface area contributed by atoms with E-state index >= 15 is 0 Å². The lowest BCUT2D eigenvalue weighted by Crippen LogP contribution is -2.52. The minimum absolute atomic E-state index is 0.145. The summed E-state index contributed by atoms with van der Waals surface area (Å²) in [6.45, 7) is 7.89. The zero-order valence-electron chi connectivity index (χ0n) is 12.4. The Labute approximate surface area is 134 Å². The van der Waals surface area contributed by atoms with Gasteiger partial charge in [-0.05, 0) is 53.5 Å². The number of benzene rings is 1. The quantitative estimate of drug-likeness (QED) is 0.883. The molecule has 1 aromatic carbocycles. The summed E-state index contributed by atoms with van der Waals surface area (Å²) in [5.41, 5.74) is 1.94. The molecule has 2 saturated heterocycles. The SMILES string of the molecule is Cc1ccc(C(=O)N2CCN(C3CCNC3)CC2)c(Br)c1. The molecule has 2 aliphatic heterocycles. The Hall–Kier alpha value is -0.910. The van der Waals surface area contributed by atoms with E-state index in [2.05, 4.69) is 26.1 Å². The Kier molecular flexibility index (Phi) is 4.62. The molecule has 3 rings (SSSR count). The summed E-state index contributed by atoms with van der Waals surface area (Å²) in [4.78, 5) is 17.1. The zero-order chi connectivity index (χ0) is 14.8. The molecule has 1 aromatic rings. The highest BCUT2D eigenvalue weighted by Crippen LogP contribution is 2.21. The van der Waals surface area contributed by atoms with E-state index in [4.69, 9.17) is 0 Å². The van der Waals surface area contributed by atoms with Gasteiger partial charge in [0.15, 0.2) is 0 Å². The molecule has 0 spiro atoms. The van der Waals surface area contributed by atoms with E-state index < -0.39 is 0 Å². The second-order valence-electron chi connectivity index (χ2n) is 5.96. The Bertz CT molecular complexity index is 520. The molecule has 0 bridgehead atoms. The van der Waals surface area contributed by atoms with Crippen LogP contribution in [0, 0.1) is 6.92 Å². The molecule has 0 aromatic heterocycles. The lowest BCUT2D eigenvalue weighted by Gasteiger charge is -2.37. The number of carbonyl (C=O) groups excluding carboxylic acids is 1. The lowest BCUT2D eigenvalue weighted by molar-refractivity contribution is 0.0583. The maximum atomic E-state index is 12.6. The fraction of sp³-hybridized carbons (Fsp3) is 0.562. The van der Waals surface area contributed by atoms with Crippen molar-refractivity contribution in [2.75, 3.05) is 39.3 Å². The molecule has 21 heavy (non-hydrogen) atoms. The third-order valence-corrected chi connectivity index (χ3v) is 5.16. The van der Waals surface area contributed by atoms with Crippen LogP contribution >= 0.6 is 15.9 Å². The van der Waals surface area contributed by atoms with Gasteiger partial charge in [-0.15, -0.1) is 0 Å². The highest BCUT2D eigenvalue weighted by Gasteiger charge is 2.28. The Morgan fingerprint density at radius 3 is 2.67 bits per heavy atom. The molecule has 2 aliphatic rings. The molecule has 2 fully saturated rings. The molecular weight excluding hydrogens is 330 g/mol. The number of hydrogen-bond donors (Lipinski definition) is 1. The number of rotatable bonds is 2. The fourth-order valence-corrected chi connectivity index (χ4v) is 3.87. The van der Waals surface area contributed by atoms with Crippen LogP contribution in [0.1, 0.15) is 22.3 Å². The van der Waals surface area contributed by atoms with E-state index in [-0.39, 0.29) is 5.91 Å². The molecule has 1 atom stereocenters.